The SMILES string of the molecule is Br.N[C@H](c1cc(Br)ccn1)C(F)(F)F. The standard InChI is InChI=1S/C7H6BrF3N2.BrH/c8-4-1-2-13-5(3-4)6(12)7(9,10)11;/h1-3,6H,12H2;1H/t6-;/m1./s1. The number of rotatable bonds is 1. The van der Waals surface area contributed by atoms with Crippen molar-refractivity contribution < 1.29 is 13.2 Å². The molecule has 0 aliphatic rings. The molecule has 0 unspecified atom stereocenters. The maximum atomic E-state index is 12.1. The van der Waals surface area contributed by atoms with Crippen LogP contribution < -0.4 is 5.73 Å². The Kier molecular flexibility index (Phi) is 5.03. The molecule has 0 aliphatic heterocycles. The summed E-state index contributed by atoms with van der Waals surface area (Å²) in [6, 6.07) is 0.759. The lowest BCUT2D eigenvalue weighted by Crippen LogP contribution is -2.29. The van der Waals surface area contributed by atoms with E-state index in [1.54, 1.807) is 0 Å². The number of nitrogens with zero attached hydrogens (tertiary/aromatic N) is 1. The van der Waals surface area contributed by atoms with Gasteiger partial charge in [-0.15, -0.1) is 17.0 Å². The third-order valence-electron chi connectivity index (χ3n) is 1.41. The lowest BCUT2D eigenvalue weighted by atomic mass is 10.2. The number of alkyl halides is 3. The molecular weight excluding hydrogens is 329 g/mol. The zero-order valence-electron chi connectivity index (χ0n) is 6.75. The molecule has 1 rings (SSSR count). The van der Waals surface area contributed by atoms with E-state index in [1.165, 1.54) is 18.3 Å². The summed E-state index contributed by atoms with van der Waals surface area (Å²) < 4.78 is 36.8. The van der Waals surface area contributed by atoms with Crippen LogP contribution in [0.5, 0.6) is 0 Å². The number of aromatic nitrogens is 1. The van der Waals surface area contributed by atoms with Gasteiger partial charge in [0.2, 0.25) is 0 Å². The van der Waals surface area contributed by atoms with Gasteiger partial charge in [-0.2, -0.15) is 13.2 Å². The first-order valence-corrected chi connectivity index (χ1v) is 4.14. The van der Waals surface area contributed by atoms with Gasteiger partial charge in [0.1, 0.15) is 6.04 Å². The molecule has 0 spiro atoms. The number of hydrogen-bond acceptors (Lipinski definition) is 2. The highest BCUT2D eigenvalue weighted by atomic mass is 79.9. The van der Waals surface area contributed by atoms with Crippen molar-refractivity contribution in [2.24, 2.45) is 5.73 Å². The monoisotopic (exact) mass is 334 g/mol. The van der Waals surface area contributed by atoms with Gasteiger partial charge in [0.05, 0.1) is 5.69 Å². The maximum absolute atomic E-state index is 12.1. The fourth-order valence-corrected chi connectivity index (χ4v) is 1.11. The smallest absolute Gasteiger partial charge is 0.315 e. The van der Waals surface area contributed by atoms with E-state index >= 15 is 0 Å². The molecule has 14 heavy (non-hydrogen) atoms. The summed E-state index contributed by atoms with van der Waals surface area (Å²) in [6.07, 6.45) is -3.18. The van der Waals surface area contributed by atoms with E-state index in [9.17, 15) is 13.2 Å². The third kappa shape index (κ3) is 3.55. The second kappa shape index (κ2) is 5.09. The number of pyridine rings is 1. The van der Waals surface area contributed by atoms with Gasteiger partial charge >= 0.3 is 6.18 Å². The third-order valence-corrected chi connectivity index (χ3v) is 1.91. The Morgan fingerprint density at radius 2 is 2.00 bits per heavy atom. The van der Waals surface area contributed by atoms with E-state index in [-0.39, 0.29) is 22.7 Å². The van der Waals surface area contributed by atoms with Crippen LogP contribution >= 0.6 is 32.9 Å². The molecule has 0 radical (unpaired) electrons. The van der Waals surface area contributed by atoms with Crippen LogP contribution in [-0.4, -0.2) is 11.2 Å². The Balaban J connectivity index is 0.00000169. The molecule has 2 N–H and O–H groups in total. The van der Waals surface area contributed by atoms with Crippen LogP contribution in [-0.2, 0) is 0 Å². The summed E-state index contributed by atoms with van der Waals surface area (Å²) in [7, 11) is 0. The Labute approximate surface area is 97.6 Å². The zero-order chi connectivity index (χ0) is 10.1. The highest BCUT2D eigenvalue weighted by Crippen LogP contribution is 2.29. The van der Waals surface area contributed by atoms with E-state index in [2.05, 4.69) is 20.9 Å². The van der Waals surface area contributed by atoms with Crippen molar-refractivity contribution >= 4 is 32.9 Å². The van der Waals surface area contributed by atoms with E-state index in [1.807, 2.05) is 0 Å². The molecule has 0 saturated heterocycles. The van der Waals surface area contributed by atoms with E-state index in [0.29, 0.717) is 4.47 Å². The average molecular weight is 336 g/mol. The van der Waals surface area contributed by atoms with Gasteiger partial charge in [-0.1, -0.05) is 15.9 Å². The fraction of sp³-hybridized carbons (Fsp3) is 0.286. The zero-order valence-corrected chi connectivity index (χ0v) is 10.1. The fourth-order valence-electron chi connectivity index (χ4n) is 0.759. The predicted molar refractivity (Wildman–Crippen MR) is 55.2 cm³/mol. The van der Waals surface area contributed by atoms with E-state index in [4.69, 9.17) is 5.73 Å². The summed E-state index contributed by atoms with van der Waals surface area (Å²) in [5, 5.41) is 0. The molecule has 0 amide bonds. The lowest BCUT2D eigenvalue weighted by molar-refractivity contribution is -0.150. The Bertz CT molecular complexity index is 303. The van der Waals surface area contributed by atoms with Crippen molar-refractivity contribution in [3.63, 3.8) is 0 Å². The largest absolute Gasteiger partial charge is 0.409 e. The first kappa shape index (κ1) is 13.9. The molecule has 0 aromatic carbocycles. The molecule has 7 heteroatoms. The first-order valence-electron chi connectivity index (χ1n) is 3.35. The Morgan fingerprint density at radius 3 is 2.43 bits per heavy atom. The molecule has 1 atom stereocenters. The summed E-state index contributed by atoms with van der Waals surface area (Å²) in [5.41, 5.74) is 4.74. The van der Waals surface area contributed by atoms with Gasteiger partial charge in [0, 0.05) is 10.7 Å². The molecule has 0 fully saturated rings. The number of hydrogen-bond donors (Lipinski definition) is 1. The quantitative estimate of drug-likeness (QED) is 0.857. The van der Waals surface area contributed by atoms with Crippen molar-refractivity contribution in [3.8, 4) is 0 Å². The van der Waals surface area contributed by atoms with Crippen LogP contribution in [0.2, 0.25) is 0 Å². The molecule has 1 aromatic rings. The lowest BCUT2D eigenvalue weighted by Gasteiger charge is -2.14. The van der Waals surface area contributed by atoms with Crippen LogP contribution in [0.25, 0.3) is 0 Å². The van der Waals surface area contributed by atoms with Crippen molar-refractivity contribution in [1.82, 2.24) is 4.98 Å². The summed E-state index contributed by atoms with van der Waals surface area (Å²) >= 11 is 3.03. The van der Waals surface area contributed by atoms with Crippen LogP contribution in [0.1, 0.15) is 11.7 Å². The first-order chi connectivity index (χ1) is 5.91. The summed E-state index contributed by atoms with van der Waals surface area (Å²) in [6.45, 7) is 0. The molecule has 80 valence electrons. The van der Waals surface area contributed by atoms with Gasteiger partial charge < -0.3 is 5.73 Å². The van der Waals surface area contributed by atoms with Crippen LogP contribution in [0.4, 0.5) is 13.2 Å². The second-order valence-corrected chi connectivity index (χ2v) is 3.33. The number of halogens is 5. The van der Waals surface area contributed by atoms with Gasteiger partial charge in [-0.3, -0.25) is 4.98 Å². The van der Waals surface area contributed by atoms with Gasteiger partial charge in [-0.25, -0.2) is 0 Å². The highest BCUT2D eigenvalue weighted by molar-refractivity contribution is 9.10. The van der Waals surface area contributed by atoms with E-state index < -0.39 is 12.2 Å². The summed E-state index contributed by atoms with van der Waals surface area (Å²) in [5.74, 6) is 0. The van der Waals surface area contributed by atoms with Crippen molar-refractivity contribution in [2.45, 2.75) is 12.2 Å². The van der Waals surface area contributed by atoms with Crippen LogP contribution in [0.15, 0.2) is 22.8 Å². The predicted octanol–water partition coefficient (Wildman–Crippen LogP) is 2.98. The van der Waals surface area contributed by atoms with Crippen molar-refractivity contribution in [3.05, 3.63) is 28.5 Å². The minimum Gasteiger partial charge on any atom is -0.315 e. The van der Waals surface area contributed by atoms with Gasteiger partial charge in [0.15, 0.2) is 0 Å². The average Bonchev–Trinajstić information content (AvgIpc) is 2.01. The summed E-state index contributed by atoms with van der Waals surface area (Å²) in [4.78, 5) is 3.53. The highest BCUT2D eigenvalue weighted by Gasteiger charge is 2.38. The van der Waals surface area contributed by atoms with Gasteiger partial charge in [-0.05, 0) is 12.1 Å². The molecule has 1 aromatic heterocycles. The maximum Gasteiger partial charge on any atom is 0.409 e. The molecule has 0 bridgehead atoms. The van der Waals surface area contributed by atoms with Crippen molar-refractivity contribution in [1.29, 1.82) is 0 Å². The topological polar surface area (TPSA) is 38.9 Å². The van der Waals surface area contributed by atoms with Crippen LogP contribution in [0, 0.1) is 0 Å². The van der Waals surface area contributed by atoms with E-state index in [0.717, 1.165) is 0 Å². The molecule has 0 saturated carbocycles. The normalized spacial score (nSPS) is 13.2. The molecule has 1 heterocycles. The Morgan fingerprint density at radius 1 is 1.43 bits per heavy atom. The Hall–Kier alpha value is -0.140. The minimum absolute atomic E-state index is 0. The molecular formula is C7H7Br2F3N2. The van der Waals surface area contributed by atoms with Crippen LogP contribution in [0.3, 0.4) is 0 Å². The van der Waals surface area contributed by atoms with Gasteiger partial charge in [0.25, 0.3) is 0 Å². The second-order valence-electron chi connectivity index (χ2n) is 2.42. The molecule has 0 aliphatic carbocycles. The number of nitrogens with two attached hydrogens (primary N) is 1. The minimum atomic E-state index is -4.45. The molecule has 2 nitrogen and oxygen atoms in total. The van der Waals surface area contributed by atoms with Crippen molar-refractivity contribution in [2.75, 3.05) is 0 Å².